The van der Waals surface area contributed by atoms with Gasteiger partial charge >= 0.3 is 0 Å². The first-order valence-corrected chi connectivity index (χ1v) is 13.5. The molecule has 0 fully saturated rings. The number of ether oxygens (including phenoxy) is 1. The van der Waals surface area contributed by atoms with Crippen LogP contribution in [0, 0.1) is 0 Å². The van der Waals surface area contributed by atoms with Crippen LogP contribution in [0.25, 0.3) is 0 Å². The first-order valence-electron chi connectivity index (χ1n) is 6.40. The van der Waals surface area contributed by atoms with Crippen molar-refractivity contribution in [2.45, 2.75) is 45.0 Å². The van der Waals surface area contributed by atoms with Crippen LogP contribution in [0.15, 0.2) is 30.3 Å². The second-order valence-electron chi connectivity index (χ2n) is 6.88. The Kier molecular flexibility index (Phi) is 5.16. The Morgan fingerprint density at radius 1 is 0.941 bits per heavy atom. The van der Waals surface area contributed by atoms with E-state index in [1.165, 1.54) is 11.2 Å². The van der Waals surface area contributed by atoms with E-state index in [-0.39, 0.29) is 0 Å². The molecule has 0 aliphatic heterocycles. The zero-order chi connectivity index (χ0) is 12.9. The lowest BCUT2D eigenvalue weighted by Crippen LogP contribution is -2.41. The predicted molar refractivity (Wildman–Crippen MR) is 81.7 cm³/mol. The van der Waals surface area contributed by atoms with Crippen molar-refractivity contribution in [3.05, 3.63) is 35.9 Å². The van der Waals surface area contributed by atoms with Crippen LogP contribution in [0.5, 0.6) is 0 Å². The summed E-state index contributed by atoms with van der Waals surface area (Å²) in [6, 6.07) is 10.5. The van der Waals surface area contributed by atoms with Crippen LogP contribution in [0.2, 0.25) is 38.4 Å². The van der Waals surface area contributed by atoms with E-state index in [1.807, 2.05) is 6.07 Å². The Morgan fingerprint density at radius 3 is 2.06 bits per heavy atom. The lowest BCUT2D eigenvalue weighted by atomic mass is 10.2. The van der Waals surface area contributed by atoms with E-state index in [2.05, 4.69) is 57.0 Å². The molecule has 0 aliphatic carbocycles. The predicted octanol–water partition coefficient (Wildman–Crippen LogP) is 4.33. The normalized spacial score (nSPS) is 12.8. The van der Waals surface area contributed by atoms with Gasteiger partial charge < -0.3 is 4.74 Å². The fourth-order valence-corrected chi connectivity index (χ4v) is 15.1. The molecule has 0 atom stereocenters. The molecule has 3 heteroatoms. The van der Waals surface area contributed by atoms with Gasteiger partial charge in [-0.2, -0.15) is 0 Å². The van der Waals surface area contributed by atoms with Crippen LogP contribution in [0.3, 0.4) is 0 Å². The summed E-state index contributed by atoms with van der Waals surface area (Å²) < 4.78 is 5.91. The van der Waals surface area contributed by atoms with Crippen LogP contribution >= 0.6 is 0 Å². The summed E-state index contributed by atoms with van der Waals surface area (Å²) in [6.07, 6.45) is 0.992. The van der Waals surface area contributed by atoms with Crippen molar-refractivity contribution in [3.8, 4) is 0 Å². The Bertz CT molecular complexity index is 328. The van der Waals surface area contributed by atoms with E-state index < -0.39 is 16.1 Å². The van der Waals surface area contributed by atoms with Crippen molar-refractivity contribution in [2.75, 3.05) is 6.23 Å². The van der Waals surface area contributed by atoms with E-state index in [0.717, 1.165) is 12.8 Å². The molecule has 0 saturated heterocycles. The van der Waals surface area contributed by atoms with Gasteiger partial charge in [-0.25, -0.2) is 0 Å². The summed E-state index contributed by atoms with van der Waals surface area (Å²) >= 11 is 0. The van der Waals surface area contributed by atoms with Gasteiger partial charge in [-0.3, -0.25) is 0 Å². The molecular formula is C14H26OSi2. The first-order chi connectivity index (χ1) is 7.79. The number of benzene rings is 1. The Labute approximate surface area is 108 Å². The lowest BCUT2D eigenvalue weighted by molar-refractivity contribution is 0.159. The fourth-order valence-electron chi connectivity index (χ4n) is 2.51. The molecule has 0 aliphatic rings. The van der Waals surface area contributed by atoms with Crippen LogP contribution in [0.4, 0.5) is 0 Å². The molecular weight excluding hydrogens is 240 g/mol. The molecule has 1 rings (SSSR count). The highest BCUT2D eigenvalue weighted by molar-refractivity contribution is 6.94. The average molecular weight is 267 g/mol. The summed E-state index contributed by atoms with van der Waals surface area (Å²) in [5.74, 6) is 0. The third kappa shape index (κ3) is 6.81. The van der Waals surface area contributed by atoms with Gasteiger partial charge in [-0.05, 0) is 5.56 Å². The summed E-state index contributed by atoms with van der Waals surface area (Å²) in [7, 11) is -2.09. The van der Waals surface area contributed by atoms with E-state index in [9.17, 15) is 0 Å². The Balaban J connectivity index is 2.35. The summed E-state index contributed by atoms with van der Waals surface area (Å²) in [4.78, 5) is 0. The molecule has 0 amide bonds. The summed E-state index contributed by atoms with van der Waals surface area (Å²) in [6.45, 7) is 13.0. The van der Waals surface area contributed by atoms with E-state index in [4.69, 9.17) is 4.74 Å². The number of hydrogen-bond acceptors (Lipinski definition) is 1. The molecule has 0 bridgehead atoms. The van der Waals surface area contributed by atoms with Crippen LogP contribution in [-0.2, 0) is 11.3 Å². The molecule has 0 aromatic heterocycles. The Hall–Kier alpha value is -0.386. The van der Waals surface area contributed by atoms with E-state index >= 15 is 0 Å². The van der Waals surface area contributed by atoms with Gasteiger partial charge in [0.2, 0.25) is 0 Å². The molecule has 0 saturated carbocycles. The molecule has 96 valence electrons. The second-order valence-corrected chi connectivity index (χ2v) is 18.0. The zero-order valence-electron chi connectivity index (χ0n) is 11.9. The SMILES string of the molecule is C[Si](C)(C)C[Si](C)(C)COCc1ccccc1. The van der Waals surface area contributed by atoms with E-state index in [1.54, 1.807) is 0 Å². The molecule has 0 unspecified atom stereocenters. The third-order valence-electron chi connectivity index (χ3n) is 2.61. The molecule has 1 aromatic rings. The minimum atomic E-state index is -1.15. The van der Waals surface area contributed by atoms with Gasteiger partial charge in [0, 0.05) is 14.3 Å². The van der Waals surface area contributed by atoms with Gasteiger partial charge in [0.05, 0.1) is 14.7 Å². The third-order valence-corrected chi connectivity index (χ3v) is 11.7. The van der Waals surface area contributed by atoms with Gasteiger partial charge in [-0.15, -0.1) is 0 Å². The van der Waals surface area contributed by atoms with Crippen LogP contribution in [0.1, 0.15) is 5.56 Å². The van der Waals surface area contributed by atoms with Crippen molar-refractivity contribution in [1.29, 1.82) is 0 Å². The summed E-state index contributed by atoms with van der Waals surface area (Å²) in [5.41, 5.74) is 2.74. The van der Waals surface area contributed by atoms with Gasteiger partial charge in [0.15, 0.2) is 0 Å². The Morgan fingerprint density at radius 2 is 1.53 bits per heavy atom. The summed E-state index contributed by atoms with van der Waals surface area (Å²) in [5, 5.41) is 0. The van der Waals surface area contributed by atoms with Crippen LogP contribution < -0.4 is 0 Å². The first kappa shape index (κ1) is 14.7. The maximum Gasteiger partial charge on any atom is 0.0751 e. The van der Waals surface area contributed by atoms with Crippen molar-refractivity contribution in [1.82, 2.24) is 0 Å². The smallest absolute Gasteiger partial charge is 0.0751 e. The van der Waals surface area contributed by atoms with Crippen molar-refractivity contribution in [3.63, 3.8) is 0 Å². The monoisotopic (exact) mass is 266 g/mol. The van der Waals surface area contributed by atoms with Gasteiger partial charge in [-0.1, -0.05) is 68.7 Å². The molecule has 0 radical (unpaired) electrons. The van der Waals surface area contributed by atoms with Gasteiger partial charge in [0.25, 0.3) is 0 Å². The molecule has 17 heavy (non-hydrogen) atoms. The van der Waals surface area contributed by atoms with Crippen molar-refractivity contribution < 1.29 is 4.74 Å². The highest BCUT2D eigenvalue weighted by Gasteiger charge is 2.28. The number of rotatable bonds is 6. The average Bonchev–Trinajstić information content (AvgIpc) is 2.15. The highest BCUT2D eigenvalue weighted by atomic mass is 28.4. The standard InChI is InChI=1S/C14H26OSi2/c1-16(2,3)13-17(4,5)12-15-11-14-9-7-6-8-10-14/h6-10H,11-13H2,1-5H3. The van der Waals surface area contributed by atoms with Crippen LogP contribution in [-0.4, -0.2) is 22.4 Å². The molecule has 0 heterocycles. The maximum atomic E-state index is 5.91. The van der Waals surface area contributed by atoms with Gasteiger partial charge in [0.1, 0.15) is 0 Å². The number of hydrogen-bond donors (Lipinski definition) is 0. The lowest BCUT2D eigenvalue weighted by Gasteiger charge is -2.29. The topological polar surface area (TPSA) is 9.23 Å². The quantitative estimate of drug-likeness (QED) is 0.697. The van der Waals surface area contributed by atoms with E-state index in [0.29, 0.717) is 0 Å². The minimum Gasteiger partial charge on any atom is -0.380 e. The molecule has 1 aromatic carbocycles. The zero-order valence-corrected chi connectivity index (χ0v) is 13.9. The van der Waals surface area contributed by atoms with Crippen molar-refractivity contribution >= 4 is 16.1 Å². The second kappa shape index (κ2) is 5.98. The fraction of sp³-hybridized carbons (Fsp3) is 0.571. The van der Waals surface area contributed by atoms with Crippen molar-refractivity contribution in [2.24, 2.45) is 0 Å². The largest absolute Gasteiger partial charge is 0.380 e. The highest BCUT2D eigenvalue weighted by Crippen LogP contribution is 2.20. The minimum absolute atomic E-state index is 0.767. The molecule has 0 N–H and O–H groups in total. The molecule has 1 nitrogen and oxygen atoms in total. The maximum absolute atomic E-state index is 5.91. The molecule has 0 spiro atoms.